The SMILES string of the molecule is COCCn1c(S[C@H](C)C(=O)Nc2c(C)cc(C)cc2C)nc2ccccc2c1=O. The van der Waals surface area contributed by atoms with E-state index >= 15 is 0 Å². The van der Waals surface area contributed by atoms with Gasteiger partial charge in [-0.25, -0.2) is 4.98 Å². The standard InChI is InChI=1S/C23H27N3O3S/c1-14-12-15(2)20(16(3)13-14)25-21(27)17(4)30-23-24-19-9-7-6-8-18(19)22(28)26(23)10-11-29-5/h6-9,12-13,17H,10-11H2,1-5H3,(H,25,27)/t17-/m1/s1. The molecule has 158 valence electrons. The van der Waals surface area contributed by atoms with Crippen molar-refractivity contribution in [2.45, 2.75) is 44.6 Å². The number of hydrogen-bond acceptors (Lipinski definition) is 5. The number of carbonyl (C=O) groups is 1. The minimum atomic E-state index is -0.438. The maximum atomic E-state index is 13.0. The number of methoxy groups -OCH3 is 1. The molecule has 0 unspecified atom stereocenters. The number of para-hydroxylation sites is 1. The topological polar surface area (TPSA) is 73.2 Å². The molecule has 1 aromatic heterocycles. The van der Waals surface area contributed by atoms with Gasteiger partial charge in [0.1, 0.15) is 0 Å². The van der Waals surface area contributed by atoms with Gasteiger partial charge in [0.25, 0.3) is 5.56 Å². The van der Waals surface area contributed by atoms with E-state index < -0.39 is 5.25 Å². The van der Waals surface area contributed by atoms with E-state index in [4.69, 9.17) is 4.74 Å². The van der Waals surface area contributed by atoms with Crippen LogP contribution in [0, 0.1) is 20.8 Å². The van der Waals surface area contributed by atoms with E-state index in [-0.39, 0.29) is 11.5 Å². The molecule has 30 heavy (non-hydrogen) atoms. The van der Waals surface area contributed by atoms with Crippen LogP contribution in [0.15, 0.2) is 46.3 Å². The fourth-order valence-electron chi connectivity index (χ4n) is 3.43. The highest BCUT2D eigenvalue weighted by molar-refractivity contribution is 8.00. The molecule has 0 radical (unpaired) electrons. The number of amides is 1. The molecule has 0 aliphatic carbocycles. The molecular weight excluding hydrogens is 398 g/mol. The lowest BCUT2D eigenvalue weighted by Gasteiger charge is -2.18. The lowest BCUT2D eigenvalue weighted by molar-refractivity contribution is -0.115. The molecule has 3 aromatic rings. The second-order valence-corrected chi connectivity index (χ2v) is 8.69. The van der Waals surface area contributed by atoms with Gasteiger partial charge >= 0.3 is 0 Å². The summed E-state index contributed by atoms with van der Waals surface area (Å²) in [5.41, 5.74) is 4.54. The summed E-state index contributed by atoms with van der Waals surface area (Å²) in [6, 6.07) is 11.3. The van der Waals surface area contributed by atoms with Crippen molar-refractivity contribution in [1.29, 1.82) is 0 Å². The first-order valence-corrected chi connectivity index (χ1v) is 10.7. The van der Waals surface area contributed by atoms with Crippen LogP contribution in [-0.2, 0) is 16.1 Å². The average Bonchev–Trinajstić information content (AvgIpc) is 2.70. The fraction of sp³-hybridized carbons (Fsp3) is 0.348. The molecule has 1 heterocycles. The van der Waals surface area contributed by atoms with Crippen molar-refractivity contribution in [1.82, 2.24) is 9.55 Å². The molecule has 6 nitrogen and oxygen atoms in total. The van der Waals surface area contributed by atoms with Crippen LogP contribution in [0.2, 0.25) is 0 Å². The third kappa shape index (κ3) is 4.74. The van der Waals surface area contributed by atoms with Crippen molar-refractivity contribution in [2.24, 2.45) is 0 Å². The first-order valence-electron chi connectivity index (χ1n) is 9.85. The first-order chi connectivity index (χ1) is 14.3. The molecule has 1 N–H and O–H groups in total. The van der Waals surface area contributed by atoms with Gasteiger partial charge in [0.2, 0.25) is 5.91 Å². The Balaban J connectivity index is 1.89. The van der Waals surface area contributed by atoms with E-state index in [1.807, 2.05) is 58.0 Å². The Morgan fingerprint density at radius 3 is 2.53 bits per heavy atom. The van der Waals surface area contributed by atoms with Crippen molar-refractivity contribution in [3.05, 3.63) is 63.4 Å². The summed E-state index contributed by atoms with van der Waals surface area (Å²) in [4.78, 5) is 30.5. The number of ether oxygens (including phenoxy) is 1. The summed E-state index contributed by atoms with van der Waals surface area (Å²) in [5.74, 6) is -0.129. The Hall–Kier alpha value is -2.64. The Morgan fingerprint density at radius 2 is 1.87 bits per heavy atom. The fourth-order valence-corrected chi connectivity index (χ4v) is 4.37. The van der Waals surface area contributed by atoms with E-state index in [0.29, 0.717) is 29.2 Å². The van der Waals surface area contributed by atoms with Crippen LogP contribution in [0.4, 0.5) is 5.69 Å². The van der Waals surface area contributed by atoms with Crippen molar-refractivity contribution in [2.75, 3.05) is 19.0 Å². The highest BCUT2D eigenvalue weighted by Crippen LogP contribution is 2.26. The molecule has 1 amide bonds. The molecule has 0 saturated heterocycles. The van der Waals surface area contributed by atoms with Crippen molar-refractivity contribution in [3.8, 4) is 0 Å². The lowest BCUT2D eigenvalue weighted by atomic mass is 10.1. The normalized spacial score (nSPS) is 12.2. The molecule has 1 atom stereocenters. The van der Waals surface area contributed by atoms with Gasteiger partial charge in [-0.15, -0.1) is 0 Å². The molecule has 0 saturated carbocycles. The number of benzene rings is 2. The Morgan fingerprint density at radius 1 is 1.20 bits per heavy atom. The second-order valence-electron chi connectivity index (χ2n) is 7.38. The molecule has 0 aliphatic rings. The first kappa shape index (κ1) is 22.1. The van der Waals surface area contributed by atoms with Crippen LogP contribution >= 0.6 is 11.8 Å². The van der Waals surface area contributed by atoms with Gasteiger partial charge in [-0.2, -0.15) is 0 Å². The monoisotopic (exact) mass is 425 g/mol. The zero-order chi connectivity index (χ0) is 21.8. The number of thioether (sulfide) groups is 1. The summed E-state index contributed by atoms with van der Waals surface area (Å²) < 4.78 is 6.75. The maximum Gasteiger partial charge on any atom is 0.262 e. The number of anilines is 1. The van der Waals surface area contributed by atoms with Gasteiger partial charge in [0, 0.05) is 12.8 Å². The van der Waals surface area contributed by atoms with Gasteiger partial charge in [-0.05, 0) is 51.0 Å². The van der Waals surface area contributed by atoms with E-state index in [0.717, 1.165) is 22.4 Å². The van der Waals surface area contributed by atoms with E-state index in [1.54, 1.807) is 17.7 Å². The lowest BCUT2D eigenvalue weighted by Crippen LogP contribution is -2.28. The number of aryl methyl sites for hydroxylation is 3. The van der Waals surface area contributed by atoms with Gasteiger partial charge in [0.05, 0.1) is 29.3 Å². The average molecular weight is 426 g/mol. The zero-order valence-corrected chi connectivity index (χ0v) is 18.8. The third-order valence-electron chi connectivity index (χ3n) is 4.92. The second kappa shape index (κ2) is 9.45. The molecule has 7 heteroatoms. The number of hydrogen-bond donors (Lipinski definition) is 1. The largest absolute Gasteiger partial charge is 0.383 e. The predicted octanol–water partition coefficient (Wildman–Crippen LogP) is 4.09. The Bertz CT molecular complexity index is 1120. The van der Waals surface area contributed by atoms with Gasteiger partial charge < -0.3 is 10.1 Å². The predicted molar refractivity (Wildman–Crippen MR) is 122 cm³/mol. The molecule has 3 rings (SSSR count). The third-order valence-corrected chi connectivity index (χ3v) is 6.01. The van der Waals surface area contributed by atoms with Gasteiger partial charge in [-0.1, -0.05) is 41.6 Å². The Labute approximate surface area is 180 Å². The van der Waals surface area contributed by atoms with Crippen molar-refractivity contribution < 1.29 is 9.53 Å². The summed E-state index contributed by atoms with van der Waals surface area (Å²) in [5, 5.41) is 3.67. The summed E-state index contributed by atoms with van der Waals surface area (Å²) in [7, 11) is 1.59. The van der Waals surface area contributed by atoms with Crippen LogP contribution in [-0.4, -0.2) is 34.4 Å². The highest BCUT2D eigenvalue weighted by atomic mass is 32.2. The minimum absolute atomic E-state index is 0.127. The van der Waals surface area contributed by atoms with Crippen LogP contribution in [0.3, 0.4) is 0 Å². The van der Waals surface area contributed by atoms with Crippen LogP contribution in [0.1, 0.15) is 23.6 Å². The smallest absolute Gasteiger partial charge is 0.262 e. The molecule has 0 bridgehead atoms. The number of aromatic nitrogens is 2. The zero-order valence-electron chi connectivity index (χ0n) is 18.0. The molecule has 0 aliphatic heterocycles. The summed E-state index contributed by atoms with van der Waals surface area (Å²) >= 11 is 1.28. The van der Waals surface area contributed by atoms with E-state index in [1.165, 1.54) is 11.8 Å². The summed E-state index contributed by atoms with van der Waals surface area (Å²) in [6.07, 6.45) is 0. The number of nitrogens with one attached hydrogen (secondary N) is 1. The Kier molecular flexibility index (Phi) is 6.95. The van der Waals surface area contributed by atoms with Crippen LogP contribution in [0.25, 0.3) is 10.9 Å². The molecule has 0 spiro atoms. The maximum absolute atomic E-state index is 13.0. The minimum Gasteiger partial charge on any atom is -0.383 e. The van der Waals surface area contributed by atoms with Crippen molar-refractivity contribution in [3.63, 3.8) is 0 Å². The number of fused-ring (bicyclic) bond motifs is 1. The van der Waals surface area contributed by atoms with Gasteiger partial charge in [-0.3, -0.25) is 14.2 Å². The van der Waals surface area contributed by atoms with Gasteiger partial charge in [0.15, 0.2) is 5.16 Å². The van der Waals surface area contributed by atoms with Crippen LogP contribution < -0.4 is 10.9 Å². The molecule has 0 fully saturated rings. The quantitative estimate of drug-likeness (QED) is 0.456. The van der Waals surface area contributed by atoms with E-state index in [9.17, 15) is 9.59 Å². The van der Waals surface area contributed by atoms with Crippen molar-refractivity contribution >= 4 is 34.3 Å². The number of nitrogens with zero attached hydrogens (tertiary/aromatic N) is 2. The van der Waals surface area contributed by atoms with E-state index in [2.05, 4.69) is 10.3 Å². The molecule has 2 aromatic carbocycles. The summed E-state index contributed by atoms with van der Waals surface area (Å²) in [6.45, 7) is 8.59. The van der Waals surface area contributed by atoms with Crippen LogP contribution in [0.5, 0.6) is 0 Å². The highest BCUT2D eigenvalue weighted by Gasteiger charge is 2.20. The number of rotatable bonds is 7. The number of carbonyl (C=O) groups excluding carboxylic acids is 1. The molecular formula is C23H27N3O3S.